The van der Waals surface area contributed by atoms with Gasteiger partial charge in [-0.15, -0.1) is 0 Å². The van der Waals surface area contributed by atoms with E-state index in [0.717, 1.165) is 11.8 Å². The van der Waals surface area contributed by atoms with Gasteiger partial charge in [0.15, 0.2) is 11.5 Å². The summed E-state index contributed by atoms with van der Waals surface area (Å²) in [4.78, 5) is 14.7. The maximum Gasteiger partial charge on any atom is 0.328 e. The molecule has 0 bridgehead atoms. The minimum absolute atomic E-state index is 0.0373. The minimum atomic E-state index is -3.93. The summed E-state index contributed by atoms with van der Waals surface area (Å²) in [5.41, 5.74) is 1.10. The van der Waals surface area contributed by atoms with Crippen LogP contribution in [0.3, 0.4) is 0 Å². The topological polar surface area (TPSA) is 115 Å². The van der Waals surface area contributed by atoms with Crippen LogP contribution < -0.4 is 14.2 Å². The van der Waals surface area contributed by atoms with Crippen molar-refractivity contribution in [3.8, 4) is 11.5 Å². The fourth-order valence-electron chi connectivity index (χ4n) is 2.35. The van der Waals surface area contributed by atoms with Gasteiger partial charge in [-0.1, -0.05) is 6.07 Å². The minimum Gasteiger partial charge on any atom is -0.493 e. The van der Waals surface area contributed by atoms with Crippen molar-refractivity contribution in [1.82, 2.24) is 9.71 Å². The normalized spacial score (nSPS) is 11.5. The van der Waals surface area contributed by atoms with E-state index in [-0.39, 0.29) is 22.9 Å². The number of nitrogens with one attached hydrogen (secondary N) is 1. The number of hydrogen-bond acceptors (Lipinski definition) is 6. The van der Waals surface area contributed by atoms with Gasteiger partial charge in [0.2, 0.25) is 10.0 Å². The first kappa shape index (κ1) is 20.4. The van der Waals surface area contributed by atoms with E-state index in [2.05, 4.69) is 9.71 Å². The molecule has 1 heterocycles. The zero-order chi connectivity index (χ0) is 19.9. The number of aliphatic carboxylic acids is 1. The maximum absolute atomic E-state index is 12.8. The molecule has 0 saturated heterocycles. The highest BCUT2D eigenvalue weighted by Gasteiger charge is 2.23. The Kier molecular flexibility index (Phi) is 6.91. The molecule has 0 spiro atoms. The van der Waals surface area contributed by atoms with E-state index in [0.29, 0.717) is 12.0 Å². The third-order valence-corrected chi connectivity index (χ3v) is 5.04. The molecule has 27 heavy (non-hydrogen) atoms. The van der Waals surface area contributed by atoms with Crippen LogP contribution in [-0.2, 0) is 21.2 Å². The maximum atomic E-state index is 12.8. The Morgan fingerprint density at radius 3 is 2.63 bits per heavy atom. The summed E-state index contributed by atoms with van der Waals surface area (Å²) in [5, 5.41) is 8.78. The quantitative estimate of drug-likeness (QED) is 0.624. The molecule has 0 aliphatic carbocycles. The average molecular weight is 392 g/mol. The van der Waals surface area contributed by atoms with Gasteiger partial charge >= 0.3 is 5.97 Å². The molecule has 2 rings (SSSR count). The predicted octanol–water partition coefficient (Wildman–Crippen LogP) is 1.72. The molecule has 0 fully saturated rings. The van der Waals surface area contributed by atoms with Crippen molar-refractivity contribution in [2.45, 2.75) is 11.3 Å². The lowest BCUT2D eigenvalue weighted by Crippen LogP contribution is -2.26. The molecule has 0 atom stereocenters. The van der Waals surface area contributed by atoms with E-state index in [4.69, 9.17) is 14.6 Å². The molecule has 0 radical (unpaired) electrons. The first-order chi connectivity index (χ1) is 12.9. The van der Waals surface area contributed by atoms with Crippen molar-refractivity contribution in [3.05, 3.63) is 53.9 Å². The second-order valence-corrected chi connectivity index (χ2v) is 7.13. The van der Waals surface area contributed by atoms with Gasteiger partial charge in [0.1, 0.15) is 4.90 Å². The lowest BCUT2D eigenvalue weighted by molar-refractivity contribution is -0.131. The number of ether oxygens (including phenoxy) is 2. The SMILES string of the molecule is COc1cc(/C=C/C(=O)O)cc(S(=O)(=O)NCCc2ccccn2)c1OC. The monoisotopic (exact) mass is 392 g/mol. The van der Waals surface area contributed by atoms with Gasteiger partial charge in [0.05, 0.1) is 14.2 Å². The van der Waals surface area contributed by atoms with Gasteiger partial charge in [-0.25, -0.2) is 17.9 Å². The molecule has 0 aliphatic rings. The van der Waals surface area contributed by atoms with Gasteiger partial charge in [-0.3, -0.25) is 4.98 Å². The lowest BCUT2D eigenvalue weighted by atomic mass is 10.2. The Bertz CT molecular complexity index is 926. The summed E-state index contributed by atoms with van der Waals surface area (Å²) in [5.74, 6) is -0.937. The van der Waals surface area contributed by atoms with E-state index in [1.54, 1.807) is 18.3 Å². The van der Waals surface area contributed by atoms with E-state index < -0.39 is 16.0 Å². The first-order valence-corrected chi connectivity index (χ1v) is 9.42. The molecular weight excluding hydrogens is 372 g/mol. The van der Waals surface area contributed by atoms with Crippen LogP contribution in [0.25, 0.3) is 6.08 Å². The lowest BCUT2D eigenvalue weighted by Gasteiger charge is -2.15. The Morgan fingerprint density at radius 1 is 1.26 bits per heavy atom. The number of carboxylic acid groups (broad SMARTS) is 1. The fraction of sp³-hybridized carbons (Fsp3) is 0.222. The third kappa shape index (κ3) is 5.53. The number of hydrogen-bond donors (Lipinski definition) is 2. The molecule has 0 aliphatic heterocycles. The van der Waals surface area contributed by atoms with E-state index in [1.807, 2.05) is 6.07 Å². The van der Waals surface area contributed by atoms with Gasteiger partial charge in [0, 0.05) is 30.9 Å². The predicted molar refractivity (Wildman–Crippen MR) is 99.3 cm³/mol. The summed E-state index contributed by atoms with van der Waals surface area (Å²) in [7, 11) is -1.23. The second kappa shape index (κ2) is 9.15. The van der Waals surface area contributed by atoms with E-state index in [1.165, 1.54) is 32.4 Å². The van der Waals surface area contributed by atoms with Crippen LogP contribution >= 0.6 is 0 Å². The number of sulfonamides is 1. The van der Waals surface area contributed by atoms with E-state index >= 15 is 0 Å². The molecule has 9 heteroatoms. The number of nitrogens with zero attached hydrogens (tertiary/aromatic N) is 1. The van der Waals surface area contributed by atoms with Crippen molar-refractivity contribution in [1.29, 1.82) is 0 Å². The molecule has 1 aromatic carbocycles. The standard InChI is InChI=1S/C18H20N2O6S/c1-25-15-11-13(6-7-17(21)22)12-16(18(15)26-2)27(23,24)20-10-8-14-5-3-4-9-19-14/h3-7,9,11-12,20H,8,10H2,1-2H3,(H,21,22)/b7-6+. The van der Waals surface area contributed by atoms with Crippen LogP contribution in [-0.4, -0.2) is 45.2 Å². The third-order valence-electron chi connectivity index (χ3n) is 3.57. The molecule has 144 valence electrons. The molecule has 0 unspecified atom stereocenters. The molecule has 0 saturated carbocycles. The Balaban J connectivity index is 2.32. The average Bonchev–Trinajstić information content (AvgIpc) is 2.66. The first-order valence-electron chi connectivity index (χ1n) is 7.94. The van der Waals surface area contributed by atoms with Crippen LogP contribution in [0.2, 0.25) is 0 Å². The number of carboxylic acids is 1. The summed E-state index contributed by atoms with van der Waals surface area (Å²) in [6.45, 7) is 0.139. The van der Waals surface area contributed by atoms with Gasteiger partial charge < -0.3 is 14.6 Å². The molecule has 8 nitrogen and oxygen atoms in total. The highest BCUT2D eigenvalue weighted by Crippen LogP contribution is 2.36. The van der Waals surface area contributed by atoms with Crippen molar-refractivity contribution < 1.29 is 27.8 Å². The van der Waals surface area contributed by atoms with Crippen molar-refractivity contribution in [2.75, 3.05) is 20.8 Å². The molecule has 1 aromatic heterocycles. The highest BCUT2D eigenvalue weighted by molar-refractivity contribution is 7.89. The molecule has 2 aromatic rings. The Hall–Kier alpha value is -2.91. The Morgan fingerprint density at radius 2 is 2.04 bits per heavy atom. The number of aromatic nitrogens is 1. The second-order valence-electron chi connectivity index (χ2n) is 5.39. The highest BCUT2D eigenvalue weighted by atomic mass is 32.2. The summed E-state index contributed by atoms with van der Waals surface area (Å²) >= 11 is 0. The summed E-state index contributed by atoms with van der Waals surface area (Å²) < 4.78 is 38.4. The van der Waals surface area contributed by atoms with Crippen molar-refractivity contribution in [2.24, 2.45) is 0 Å². The molecular formula is C18H20N2O6S. The van der Waals surface area contributed by atoms with Gasteiger partial charge in [-0.05, 0) is 35.9 Å². The zero-order valence-electron chi connectivity index (χ0n) is 14.9. The van der Waals surface area contributed by atoms with Crippen LogP contribution in [0.15, 0.2) is 47.5 Å². The van der Waals surface area contributed by atoms with Crippen LogP contribution in [0, 0.1) is 0 Å². The molecule has 0 amide bonds. The van der Waals surface area contributed by atoms with Crippen LogP contribution in [0.4, 0.5) is 0 Å². The largest absolute Gasteiger partial charge is 0.493 e. The number of pyridine rings is 1. The number of carbonyl (C=O) groups is 1. The van der Waals surface area contributed by atoms with Gasteiger partial charge in [0.25, 0.3) is 0 Å². The van der Waals surface area contributed by atoms with Crippen LogP contribution in [0.5, 0.6) is 11.5 Å². The zero-order valence-corrected chi connectivity index (χ0v) is 15.7. The fourth-order valence-corrected chi connectivity index (χ4v) is 3.60. The number of methoxy groups -OCH3 is 2. The van der Waals surface area contributed by atoms with Crippen molar-refractivity contribution in [3.63, 3.8) is 0 Å². The van der Waals surface area contributed by atoms with Crippen molar-refractivity contribution >= 4 is 22.1 Å². The van der Waals surface area contributed by atoms with E-state index in [9.17, 15) is 13.2 Å². The van der Waals surface area contributed by atoms with Gasteiger partial charge in [-0.2, -0.15) is 0 Å². The smallest absolute Gasteiger partial charge is 0.328 e. The van der Waals surface area contributed by atoms with Crippen LogP contribution in [0.1, 0.15) is 11.3 Å². The number of rotatable bonds is 9. The summed E-state index contributed by atoms with van der Waals surface area (Å²) in [6.07, 6.45) is 4.23. The number of benzene rings is 1. The molecule has 2 N–H and O–H groups in total. The Labute approximate surface area is 157 Å². The summed E-state index contributed by atoms with van der Waals surface area (Å²) in [6, 6.07) is 8.22.